The molecule has 0 bridgehead atoms. The topological polar surface area (TPSA) is 41.4 Å². The van der Waals surface area contributed by atoms with Gasteiger partial charge < -0.3 is 9.80 Å². The van der Waals surface area contributed by atoms with E-state index in [2.05, 4.69) is 18.0 Å². The Morgan fingerprint density at radius 2 is 1.90 bits per heavy atom. The van der Waals surface area contributed by atoms with Crippen molar-refractivity contribution in [2.24, 2.45) is 0 Å². The fourth-order valence-electron chi connectivity index (χ4n) is 3.67. The van der Waals surface area contributed by atoms with Crippen LogP contribution in [-0.4, -0.2) is 58.7 Å². The van der Waals surface area contributed by atoms with E-state index in [0.29, 0.717) is 6.04 Å². The molecular formula is C23H27ClN4OS. The summed E-state index contributed by atoms with van der Waals surface area (Å²) >= 11 is 1.65. The maximum atomic E-state index is 12.8. The summed E-state index contributed by atoms with van der Waals surface area (Å²) in [5.74, 6) is 0.0455. The minimum absolute atomic E-state index is 0. The Morgan fingerprint density at radius 1 is 1.17 bits per heavy atom. The van der Waals surface area contributed by atoms with Gasteiger partial charge in [0.2, 0.25) is 5.91 Å². The number of likely N-dealkylation sites (tertiary alicyclic amines) is 1. The minimum Gasteiger partial charge on any atom is -0.339 e. The Labute approximate surface area is 188 Å². The molecular weight excluding hydrogens is 416 g/mol. The summed E-state index contributed by atoms with van der Waals surface area (Å²) in [6, 6.07) is 14.4. The van der Waals surface area contributed by atoms with E-state index < -0.39 is 0 Å². The molecule has 30 heavy (non-hydrogen) atoms. The summed E-state index contributed by atoms with van der Waals surface area (Å²) in [6.45, 7) is 2.08. The lowest BCUT2D eigenvalue weighted by Crippen LogP contribution is -2.43. The van der Waals surface area contributed by atoms with Crippen molar-refractivity contribution in [3.05, 3.63) is 65.7 Å². The van der Waals surface area contributed by atoms with E-state index >= 15 is 0 Å². The van der Waals surface area contributed by atoms with Gasteiger partial charge in [-0.05, 0) is 62.6 Å². The third kappa shape index (κ3) is 5.01. The lowest BCUT2D eigenvalue weighted by Gasteiger charge is -2.34. The van der Waals surface area contributed by atoms with Crippen molar-refractivity contribution in [3.8, 4) is 16.3 Å². The van der Waals surface area contributed by atoms with E-state index in [1.165, 1.54) is 0 Å². The van der Waals surface area contributed by atoms with Crippen LogP contribution in [0.4, 0.5) is 0 Å². The highest BCUT2D eigenvalue weighted by molar-refractivity contribution is 7.13. The fourth-order valence-corrected chi connectivity index (χ4v) is 4.40. The summed E-state index contributed by atoms with van der Waals surface area (Å²) in [7, 11) is 4.05. The van der Waals surface area contributed by atoms with Gasteiger partial charge in [0.15, 0.2) is 0 Å². The quantitative estimate of drug-likeness (QED) is 0.543. The van der Waals surface area contributed by atoms with Crippen LogP contribution >= 0.6 is 23.7 Å². The first-order chi connectivity index (χ1) is 14.1. The van der Waals surface area contributed by atoms with Crippen LogP contribution in [-0.2, 0) is 4.79 Å². The first-order valence-electron chi connectivity index (χ1n) is 9.94. The number of carbonyl (C=O) groups is 1. The van der Waals surface area contributed by atoms with Crippen LogP contribution in [0.2, 0.25) is 0 Å². The normalized spacial score (nSPS) is 15.3. The van der Waals surface area contributed by atoms with E-state index in [9.17, 15) is 4.79 Å². The second-order valence-electron chi connectivity index (χ2n) is 7.51. The highest BCUT2D eigenvalue weighted by atomic mass is 35.5. The molecule has 0 unspecified atom stereocenters. The zero-order valence-electron chi connectivity index (χ0n) is 17.3. The molecule has 0 N–H and O–H groups in total. The second-order valence-corrected chi connectivity index (χ2v) is 8.46. The molecule has 1 saturated heterocycles. The van der Waals surface area contributed by atoms with Gasteiger partial charge >= 0.3 is 0 Å². The lowest BCUT2D eigenvalue weighted by atomic mass is 10.0. The number of hydrogen-bond acceptors (Lipinski definition) is 4. The monoisotopic (exact) mass is 442 g/mol. The van der Waals surface area contributed by atoms with Crippen LogP contribution < -0.4 is 0 Å². The van der Waals surface area contributed by atoms with E-state index in [-0.39, 0.29) is 18.3 Å². The number of rotatable bonds is 5. The molecule has 0 saturated carbocycles. The molecule has 1 amide bonds. The van der Waals surface area contributed by atoms with Crippen LogP contribution in [0.1, 0.15) is 18.4 Å². The van der Waals surface area contributed by atoms with Gasteiger partial charge in [0, 0.05) is 30.9 Å². The molecule has 2 aromatic heterocycles. The predicted molar refractivity (Wildman–Crippen MR) is 126 cm³/mol. The predicted octanol–water partition coefficient (Wildman–Crippen LogP) is 4.59. The molecule has 3 heterocycles. The van der Waals surface area contributed by atoms with Crippen LogP contribution in [0, 0.1) is 0 Å². The summed E-state index contributed by atoms with van der Waals surface area (Å²) in [5.41, 5.74) is 2.84. The van der Waals surface area contributed by atoms with Gasteiger partial charge in [0.05, 0.1) is 10.6 Å². The minimum atomic E-state index is 0. The first-order valence-corrected chi connectivity index (χ1v) is 10.8. The summed E-state index contributed by atoms with van der Waals surface area (Å²) in [6.07, 6.45) is 7.62. The van der Waals surface area contributed by atoms with Crippen molar-refractivity contribution in [1.82, 2.24) is 19.6 Å². The highest BCUT2D eigenvalue weighted by Crippen LogP contribution is 2.28. The summed E-state index contributed by atoms with van der Waals surface area (Å²) in [5, 5.41) is 6.83. The first kappa shape index (κ1) is 22.3. The van der Waals surface area contributed by atoms with E-state index in [1.807, 2.05) is 70.7 Å². The number of nitrogens with zero attached hydrogens (tertiary/aromatic N) is 4. The number of benzene rings is 1. The van der Waals surface area contributed by atoms with Crippen molar-refractivity contribution >= 4 is 35.7 Å². The number of halogens is 1. The Bertz CT molecular complexity index is 976. The number of para-hydroxylation sites is 1. The molecule has 4 rings (SSSR count). The summed E-state index contributed by atoms with van der Waals surface area (Å²) < 4.78 is 1.87. The third-order valence-corrected chi connectivity index (χ3v) is 6.38. The van der Waals surface area contributed by atoms with Crippen LogP contribution in [0.5, 0.6) is 0 Å². The molecule has 1 fully saturated rings. The number of amides is 1. The zero-order chi connectivity index (χ0) is 20.2. The number of thiophene rings is 1. The van der Waals surface area contributed by atoms with Crippen molar-refractivity contribution in [1.29, 1.82) is 0 Å². The van der Waals surface area contributed by atoms with Gasteiger partial charge in [0.25, 0.3) is 0 Å². The highest BCUT2D eigenvalue weighted by Gasteiger charge is 2.22. The molecule has 0 radical (unpaired) electrons. The van der Waals surface area contributed by atoms with Gasteiger partial charge in [-0.15, -0.1) is 23.7 Å². The van der Waals surface area contributed by atoms with Gasteiger partial charge in [-0.25, -0.2) is 4.68 Å². The Kier molecular flexibility index (Phi) is 7.48. The van der Waals surface area contributed by atoms with E-state index in [4.69, 9.17) is 5.10 Å². The van der Waals surface area contributed by atoms with Crippen molar-refractivity contribution < 1.29 is 4.79 Å². The molecule has 1 aliphatic rings. The molecule has 3 aromatic rings. The number of likely N-dealkylation sites (N-methyl/N-ethyl adjacent to an activating group) is 1. The largest absolute Gasteiger partial charge is 0.339 e. The number of hydrogen-bond donors (Lipinski definition) is 0. The average Bonchev–Trinajstić information content (AvgIpc) is 3.42. The van der Waals surface area contributed by atoms with Crippen LogP contribution in [0.15, 0.2) is 60.1 Å². The Hall–Kier alpha value is -2.41. The molecule has 158 valence electrons. The number of aromatic nitrogens is 2. The van der Waals surface area contributed by atoms with Crippen LogP contribution in [0.25, 0.3) is 22.3 Å². The van der Waals surface area contributed by atoms with E-state index in [0.717, 1.165) is 47.8 Å². The van der Waals surface area contributed by atoms with Gasteiger partial charge in [-0.1, -0.05) is 24.3 Å². The molecule has 1 aliphatic heterocycles. The SMILES string of the molecule is CN1CCC(N(C)C(=O)/C=C/c2cn(-c3ccccc3)nc2-c2cccs2)CC1.Cl. The molecule has 7 heteroatoms. The maximum absolute atomic E-state index is 12.8. The number of piperidine rings is 1. The fraction of sp³-hybridized carbons (Fsp3) is 0.304. The average molecular weight is 443 g/mol. The van der Waals surface area contributed by atoms with Gasteiger partial charge in [-0.3, -0.25) is 4.79 Å². The maximum Gasteiger partial charge on any atom is 0.246 e. The van der Waals surface area contributed by atoms with Gasteiger partial charge in [-0.2, -0.15) is 5.10 Å². The van der Waals surface area contributed by atoms with Crippen molar-refractivity contribution in [2.45, 2.75) is 18.9 Å². The molecule has 0 atom stereocenters. The van der Waals surface area contributed by atoms with Crippen molar-refractivity contribution in [3.63, 3.8) is 0 Å². The summed E-state index contributed by atoms with van der Waals surface area (Å²) in [4.78, 5) is 18.1. The Balaban J connectivity index is 0.00000256. The molecule has 0 aliphatic carbocycles. The van der Waals surface area contributed by atoms with Crippen molar-refractivity contribution in [2.75, 3.05) is 27.2 Å². The zero-order valence-corrected chi connectivity index (χ0v) is 18.9. The van der Waals surface area contributed by atoms with Gasteiger partial charge in [0.1, 0.15) is 5.69 Å². The molecule has 5 nitrogen and oxygen atoms in total. The lowest BCUT2D eigenvalue weighted by molar-refractivity contribution is -0.127. The Morgan fingerprint density at radius 3 is 2.57 bits per heavy atom. The van der Waals surface area contributed by atoms with E-state index in [1.54, 1.807) is 17.4 Å². The standard InChI is InChI=1S/C23H26N4OS.ClH/c1-25-14-12-19(13-15-25)26(2)22(28)11-10-18-17-27(20-7-4-3-5-8-20)24-23(18)21-9-6-16-29-21;/h3-11,16-17,19H,12-15H2,1-2H3;1H/b11-10+;. The smallest absolute Gasteiger partial charge is 0.246 e. The molecule has 1 aromatic carbocycles. The molecule has 0 spiro atoms. The second kappa shape index (κ2) is 10.1. The third-order valence-electron chi connectivity index (χ3n) is 5.51. The number of carbonyl (C=O) groups excluding carboxylic acids is 1. The van der Waals surface area contributed by atoms with Crippen LogP contribution in [0.3, 0.4) is 0 Å².